The molecule has 0 fully saturated rings. The number of carbonyl (C=O) groups is 2. The van der Waals surface area contributed by atoms with Crippen LogP contribution in [0.1, 0.15) is 37.8 Å². The number of nitrogens with one attached hydrogen (secondary N) is 1. The molecule has 3 aromatic carbocycles. The average molecular weight is 590 g/mol. The Bertz CT molecular complexity index is 1450. The molecule has 7 nitrogen and oxygen atoms in total. The molecule has 0 aromatic heterocycles. The maximum absolute atomic E-state index is 14.7. The lowest BCUT2D eigenvalue weighted by atomic mass is 10.0. The first-order chi connectivity index (χ1) is 19.4. The second-order valence-electron chi connectivity index (χ2n) is 10.0. The molecule has 3 aromatic rings. The first kappa shape index (κ1) is 31.7. The summed E-state index contributed by atoms with van der Waals surface area (Å²) in [6.45, 7) is 3.19. The van der Waals surface area contributed by atoms with E-state index < -0.39 is 45.3 Å². The normalized spacial score (nSPS) is 12.2. The van der Waals surface area contributed by atoms with Gasteiger partial charge in [-0.15, -0.1) is 0 Å². The van der Waals surface area contributed by atoms with Gasteiger partial charge in [0.2, 0.25) is 21.8 Å². The molecule has 1 unspecified atom stereocenters. The molecule has 220 valence electrons. The van der Waals surface area contributed by atoms with E-state index in [0.717, 1.165) is 34.3 Å². The Morgan fingerprint density at radius 3 is 2.15 bits per heavy atom. The SMILES string of the molecule is CC(C)NC(=O)C(Cc1ccccc1)N(Cc1ccccc1F)C(=O)CCCN(c1ccc(F)c(F)c1)S(C)(=O)=O. The number of anilines is 1. The Balaban J connectivity index is 1.89. The van der Waals surface area contributed by atoms with Crippen molar-refractivity contribution in [3.05, 3.63) is 101 Å². The van der Waals surface area contributed by atoms with Crippen LogP contribution in [0.5, 0.6) is 0 Å². The second-order valence-corrected chi connectivity index (χ2v) is 11.9. The molecule has 0 radical (unpaired) electrons. The number of amides is 2. The number of benzene rings is 3. The molecule has 3 rings (SSSR count). The van der Waals surface area contributed by atoms with Crippen LogP contribution in [0.15, 0.2) is 72.8 Å². The molecule has 0 heterocycles. The first-order valence-electron chi connectivity index (χ1n) is 13.2. The van der Waals surface area contributed by atoms with E-state index in [0.29, 0.717) is 0 Å². The van der Waals surface area contributed by atoms with Crippen molar-refractivity contribution in [2.45, 2.75) is 51.7 Å². The van der Waals surface area contributed by atoms with Crippen molar-refractivity contribution in [2.24, 2.45) is 0 Å². The smallest absolute Gasteiger partial charge is 0.243 e. The van der Waals surface area contributed by atoms with Crippen molar-refractivity contribution in [3.63, 3.8) is 0 Å². The van der Waals surface area contributed by atoms with E-state index in [9.17, 15) is 31.2 Å². The van der Waals surface area contributed by atoms with Gasteiger partial charge in [0.1, 0.15) is 11.9 Å². The topological polar surface area (TPSA) is 86.8 Å². The van der Waals surface area contributed by atoms with E-state index in [2.05, 4.69) is 5.32 Å². The van der Waals surface area contributed by atoms with Crippen LogP contribution < -0.4 is 9.62 Å². The Kier molecular flexibility index (Phi) is 10.9. The third-order valence-corrected chi connectivity index (χ3v) is 7.54. The zero-order chi connectivity index (χ0) is 30.2. The Labute approximate surface area is 239 Å². The molecule has 0 saturated heterocycles. The van der Waals surface area contributed by atoms with Crippen molar-refractivity contribution in [1.82, 2.24) is 10.2 Å². The van der Waals surface area contributed by atoms with E-state index in [-0.39, 0.29) is 49.6 Å². The molecule has 0 aliphatic heterocycles. The number of sulfonamides is 1. The molecule has 0 aliphatic carbocycles. The van der Waals surface area contributed by atoms with Crippen LogP contribution in [0.25, 0.3) is 0 Å². The summed E-state index contributed by atoms with van der Waals surface area (Å²) in [6, 6.07) is 16.6. The summed E-state index contributed by atoms with van der Waals surface area (Å²) in [5, 5.41) is 2.84. The van der Waals surface area contributed by atoms with Gasteiger partial charge in [0.05, 0.1) is 11.9 Å². The second kappa shape index (κ2) is 14.2. The van der Waals surface area contributed by atoms with Crippen molar-refractivity contribution in [3.8, 4) is 0 Å². The zero-order valence-electron chi connectivity index (χ0n) is 23.2. The predicted molar refractivity (Wildman–Crippen MR) is 152 cm³/mol. The number of nitrogens with zero attached hydrogens (tertiary/aromatic N) is 2. The van der Waals surface area contributed by atoms with Crippen LogP contribution in [-0.2, 0) is 32.6 Å². The van der Waals surface area contributed by atoms with Gasteiger partial charge in [0.15, 0.2) is 11.6 Å². The largest absolute Gasteiger partial charge is 0.352 e. The third kappa shape index (κ3) is 9.07. The van der Waals surface area contributed by atoms with E-state index in [4.69, 9.17) is 0 Å². The molecule has 1 atom stereocenters. The number of hydrogen-bond acceptors (Lipinski definition) is 4. The summed E-state index contributed by atoms with van der Waals surface area (Å²) in [6.07, 6.45) is 0.906. The number of halogens is 3. The first-order valence-corrected chi connectivity index (χ1v) is 15.0. The summed E-state index contributed by atoms with van der Waals surface area (Å²) in [7, 11) is -3.90. The maximum Gasteiger partial charge on any atom is 0.243 e. The standard InChI is InChI=1S/C30H34F3N3O4S/c1-21(2)34-30(38)28(18-22-10-5-4-6-11-22)35(20-23-12-7-8-13-25(23)31)29(37)14-9-17-36(41(3,39)40)24-15-16-26(32)27(33)19-24/h4-8,10-13,15-16,19,21,28H,9,14,17-18,20H2,1-3H3,(H,34,38). The van der Waals surface area contributed by atoms with Crippen LogP contribution in [0.2, 0.25) is 0 Å². The van der Waals surface area contributed by atoms with Gasteiger partial charge in [-0.3, -0.25) is 13.9 Å². The molecule has 0 spiro atoms. The van der Waals surface area contributed by atoms with E-state index in [1.165, 1.54) is 23.1 Å². The van der Waals surface area contributed by atoms with Gasteiger partial charge < -0.3 is 10.2 Å². The average Bonchev–Trinajstić information content (AvgIpc) is 2.90. The quantitative estimate of drug-likeness (QED) is 0.310. The molecule has 1 N–H and O–H groups in total. The van der Waals surface area contributed by atoms with Crippen LogP contribution in [0.4, 0.5) is 18.9 Å². The lowest BCUT2D eigenvalue weighted by Crippen LogP contribution is -2.52. The highest BCUT2D eigenvalue weighted by atomic mass is 32.2. The third-order valence-electron chi connectivity index (χ3n) is 6.34. The monoisotopic (exact) mass is 589 g/mol. The van der Waals surface area contributed by atoms with Crippen molar-refractivity contribution >= 4 is 27.5 Å². The van der Waals surface area contributed by atoms with Gasteiger partial charge in [0.25, 0.3) is 0 Å². The molecule has 41 heavy (non-hydrogen) atoms. The van der Waals surface area contributed by atoms with Crippen molar-refractivity contribution in [2.75, 3.05) is 17.1 Å². The number of rotatable bonds is 13. The lowest BCUT2D eigenvalue weighted by Gasteiger charge is -2.32. The summed E-state index contributed by atoms with van der Waals surface area (Å²) < 4.78 is 67.7. The molecular formula is C30H34F3N3O4S. The maximum atomic E-state index is 14.7. The lowest BCUT2D eigenvalue weighted by molar-refractivity contribution is -0.141. The number of carbonyl (C=O) groups excluding carboxylic acids is 2. The predicted octanol–water partition coefficient (Wildman–Crippen LogP) is 4.81. The highest BCUT2D eigenvalue weighted by Gasteiger charge is 2.31. The van der Waals surface area contributed by atoms with Crippen LogP contribution in [-0.4, -0.2) is 50.0 Å². The van der Waals surface area contributed by atoms with Gasteiger partial charge in [-0.1, -0.05) is 48.5 Å². The summed E-state index contributed by atoms with van der Waals surface area (Å²) >= 11 is 0. The fourth-order valence-electron chi connectivity index (χ4n) is 4.39. The summed E-state index contributed by atoms with van der Waals surface area (Å²) in [5.41, 5.74) is 0.931. The highest BCUT2D eigenvalue weighted by Crippen LogP contribution is 2.22. The van der Waals surface area contributed by atoms with Gasteiger partial charge >= 0.3 is 0 Å². The Morgan fingerprint density at radius 1 is 0.878 bits per heavy atom. The van der Waals surface area contributed by atoms with E-state index >= 15 is 0 Å². The van der Waals surface area contributed by atoms with Crippen molar-refractivity contribution < 1.29 is 31.2 Å². The fraction of sp³-hybridized carbons (Fsp3) is 0.333. The van der Waals surface area contributed by atoms with Gasteiger partial charge in [-0.05, 0) is 44.0 Å². The molecule has 2 amide bonds. The minimum atomic E-state index is -3.90. The van der Waals surface area contributed by atoms with E-state index in [1.54, 1.807) is 19.9 Å². The van der Waals surface area contributed by atoms with Gasteiger partial charge in [-0.25, -0.2) is 21.6 Å². The Hall–Kier alpha value is -3.86. The highest BCUT2D eigenvalue weighted by molar-refractivity contribution is 7.92. The molecular weight excluding hydrogens is 555 g/mol. The summed E-state index contributed by atoms with van der Waals surface area (Å²) in [5.74, 6) is -3.76. The van der Waals surface area contributed by atoms with Gasteiger partial charge in [0, 0.05) is 43.6 Å². The van der Waals surface area contributed by atoms with Gasteiger partial charge in [-0.2, -0.15) is 0 Å². The van der Waals surface area contributed by atoms with Crippen LogP contribution in [0.3, 0.4) is 0 Å². The molecule has 0 saturated carbocycles. The molecule has 0 bridgehead atoms. The fourth-order valence-corrected chi connectivity index (χ4v) is 5.35. The van der Waals surface area contributed by atoms with E-state index in [1.807, 2.05) is 30.3 Å². The Morgan fingerprint density at radius 2 is 1.54 bits per heavy atom. The number of hydrogen-bond donors (Lipinski definition) is 1. The molecule has 0 aliphatic rings. The van der Waals surface area contributed by atoms with Crippen LogP contribution in [0, 0.1) is 17.5 Å². The van der Waals surface area contributed by atoms with Crippen molar-refractivity contribution in [1.29, 1.82) is 0 Å². The minimum absolute atomic E-state index is 0.00251. The molecule has 11 heteroatoms. The summed E-state index contributed by atoms with van der Waals surface area (Å²) in [4.78, 5) is 28.4. The minimum Gasteiger partial charge on any atom is -0.352 e. The zero-order valence-corrected chi connectivity index (χ0v) is 24.0. The van der Waals surface area contributed by atoms with Crippen LogP contribution >= 0.6 is 0 Å².